The quantitative estimate of drug-likeness (QED) is 0.806. The summed E-state index contributed by atoms with van der Waals surface area (Å²) in [5, 5.41) is 9.53. The van der Waals surface area contributed by atoms with Crippen molar-refractivity contribution in [3.05, 3.63) is 41.3 Å². The first-order valence-electron chi connectivity index (χ1n) is 6.85. The fourth-order valence-electron chi connectivity index (χ4n) is 1.93. The lowest BCUT2D eigenvalue weighted by Gasteiger charge is -2.19. The molecule has 0 bridgehead atoms. The standard InChI is InChI=1S/C15H21N5O/c1-9(11-7-17-18-8-11)19-14(21)10-5-12(15(2,3)4)20-13(16)6-10/h5-9H,1-4H3,(H2,16,20)(H,17,18)(H,19,21). The van der Waals surface area contributed by atoms with E-state index in [4.69, 9.17) is 5.73 Å². The Kier molecular flexibility index (Phi) is 3.97. The average molecular weight is 287 g/mol. The van der Waals surface area contributed by atoms with E-state index in [0.717, 1.165) is 11.3 Å². The average Bonchev–Trinajstić information content (AvgIpc) is 2.90. The molecule has 6 nitrogen and oxygen atoms in total. The van der Waals surface area contributed by atoms with Crippen LogP contribution in [0, 0.1) is 0 Å². The molecule has 2 heterocycles. The van der Waals surface area contributed by atoms with Crippen molar-refractivity contribution in [2.45, 2.75) is 39.2 Å². The summed E-state index contributed by atoms with van der Waals surface area (Å²) in [6, 6.07) is 3.24. The number of hydrogen-bond donors (Lipinski definition) is 3. The van der Waals surface area contributed by atoms with Crippen molar-refractivity contribution in [1.29, 1.82) is 0 Å². The van der Waals surface area contributed by atoms with E-state index in [1.807, 2.05) is 27.7 Å². The third-order valence-corrected chi connectivity index (χ3v) is 3.24. The van der Waals surface area contributed by atoms with Gasteiger partial charge in [-0.1, -0.05) is 20.8 Å². The number of rotatable bonds is 3. The monoisotopic (exact) mass is 287 g/mol. The zero-order valence-corrected chi connectivity index (χ0v) is 12.8. The van der Waals surface area contributed by atoms with E-state index in [-0.39, 0.29) is 17.4 Å². The van der Waals surface area contributed by atoms with Crippen LogP contribution < -0.4 is 11.1 Å². The topological polar surface area (TPSA) is 96.7 Å². The highest BCUT2D eigenvalue weighted by molar-refractivity contribution is 5.95. The molecule has 1 atom stereocenters. The van der Waals surface area contributed by atoms with Crippen LogP contribution in [0.5, 0.6) is 0 Å². The van der Waals surface area contributed by atoms with Gasteiger partial charge in [0, 0.05) is 28.4 Å². The van der Waals surface area contributed by atoms with Crippen LogP contribution in [0.1, 0.15) is 55.4 Å². The van der Waals surface area contributed by atoms with E-state index >= 15 is 0 Å². The van der Waals surface area contributed by atoms with Crippen LogP contribution in [-0.2, 0) is 5.41 Å². The van der Waals surface area contributed by atoms with Crippen molar-refractivity contribution >= 4 is 11.7 Å². The number of aromatic nitrogens is 3. The van der Waals surface area contributed by atoms with Crippen molar-refractivity contribution in [3.63, 3.8) is 0 Å². The van der Waals surface area contributed by atoms with Gasteiger partial charge in [0.1, 0.15) is 5.82 Å². The van der Waals surface area contributed by atoms with Gasteiger partial charge < -0.3 is 11.1 Å². The van der Waals surface area contributed by atoms with Gasteiger partial charge in [-0.15, -0.1) is 0 Å². The van der Waals surface area contributed by atoms with E-state index in [1.165, 1.54) is 0 Å². The van der Waals surface area contributed by atoms with E-state index < -0.39 is 0 Å². The molecule has 0 saturated heterocycles. The summed E-state index contributed by atoms with van der Waals surface area (Å²) in [6.45, 7) is 8.00. The summed E-state index contributed by atoms with van der Waals surface area (Å²) in [7, 11) is 0. The lowest BCUT2D eigenvalue weighted by molar-refractivity contribution is 0.0939. The summed E-state index contributed by atoms with van der Waals surface area (Å²) in [5.74, 6) is 0.173. The highest BCUT2D eigenvalue weighted by atomic mass is 16.1. The number of anilines is 1. The summed E-state index contributed by atoms with van der Waals surface area (Å²) in [4.78, 5) is 16.7. The number of pyridine rings is 1. The molecule has 21 heavy (non-hydrogen) atoms. The van der Waals surface area contributed by atoms with E-state index in [2.05, 4.69) is 20.5 Å². The number of H-pyrrole nitrogens is 1. The molecular formula is C15H21N5O. The molecule has 0 aliphatic heterocycles. The lowest BCUT2D eigenvalue weighted by atomic mass is 9.90. The number of nitrogens with one attached hydrogen (secondary N) is 2. The molecule has 1 amide bonds. The van der Waals surface area contributed by atoms with Crippen LogP contribution in [0.2, 0.25) is 0 Å². The van der Waals surface area contributed by atoms with Gasteiger partial charge in [-0.3, -0.25) is 9.89 Å². The highest BCUT2D eigenvalue weighted by Gasteiger charge is 2.19. The van der Waals surface area contributed by atoms with E-state index in [9.17, 15) is 4.79 Å². The van der Waals surface area contributed by atoms with Crippen LogP contribution in [0.15, 0.2) is 24.5 Å². The van der Waals surface area contributed by atoms with Crippen molar-refractivity contribution in [3.8, 4) is 0 Å². The fraction of sp³-hybridized carbons (Fsp3) is 0.400. The molecule has 0 spiro atoms. The molecule has 0 radical (unpaired) electrons. The lowest BCUT2D eigenvalue weighted by Crippen LogP contribution is -2.27. The number of nitrogen functional groups attached to an aromatic ring is 1. The number of carbonyl (C=O) groups is 1. The zero-order chi connectivity index (χ0) is 15.6. The van der Waals surface area contributed by atoms with Crippen molar-refractivity contribution in [2.24, 2.45) is 0 Å². The maximum atomic E-state index is 12.4. The Morgan fingerprint density at radius 3 is 2.67 bits per heavy atom. The number of nitrogens with zero attached hydrogens (tertiary/aromatic N) is 2. The van der Waals surface area contributed by atoms with Gasteiger partial charge >= 0.3 is 0 Å². The van der Waals surface area contributed by atoms with Gasteiger partial charge in [0.25, 0.3) is 5.91 Å². The minimum atomic E-state index is -0.177. The van der Waals surface area contributed by atoms with Gasteiger partial charge in [0.2, 0.25) is 0 Å². The van der Waals surface area contributed by atoms with Crippen LogP contribution in [0.3, 0.4) is 0 Å². The summed E-state index contributed by atoms with van der Waals surface area (Å²) in [6.07, 6.45) is 3.44. The first kappa shape index (κ1) is 15.0. The number of nitrogens with two attached hydrogens (primary N) is 1. The molecule has 2 rings (SSSR count). The summed E-state index contributed by atoms with van der Waals surface area (Å²) < 4.78 is 0. The van der Waals surface area contributed by atoms with Crippen LogP contribution >= 0.6 is 0 Å². The van der Waals surface area contributed by atoms with E-state index in [0.29, 0.717) is 11.4 Å². The normalized spacial score (nSPS) is 13.0. The number of amides is 1. The Balaban J connectivity index is 2.21. The summed E-state index contributed by atoms with van der Waals surface area (Å²) in [5.41, 5.74) is 7.88. The summed E-state index contributed by atoms with van der Waals surface area (Å²) >= 11 is 0. The Hall–Kier alpha value is -2.37. The highest BCUT2D eigenvalue weighted by Crippen LogP contribution is 2.23. The molecule has 2 aromatic rings. The minimum absolute atomic E-state index is 0.135. The molecule has 0 aliphatic carbocycles. The number of hydrogen-bond acceptors (Lipinski definition) is 4. The van der Waals surface area contributed by atoms with Crippen LogP contribution in [0.25, 0.3) is 0 Å². The molecular weight excluding hydrogens is 266 g/mol. The molecule has 2 aromatic heterocycles. The number of aromatic amines is 1. The smallest absolute Gasteiger partial charge is 0.251 e. The Morgan fingerprint density at radius 1 is 1.38 bits per heavy atom. The first-order chi connectivity index (χ1) is 9.77. The van der Waals surface area contributed by atoms with Gasteiger partial charge in [0.05, 0.1) is 12.2 Å². The largest absolute Gasteiger partial charge is 0.384 e. The molecule has 1 unspecified atom stereocenters. The first-order valence-corrected chi connectivity index (χ1v) is 6.85. The third-order valence-electron chi connectivity index (χ3n) is 3.24. The molecule has 0 aromatic carbocycles. The van der Waals surface area contributed by atoms with Gasteiger partial charge in [-0.05, 0) is 19.1 Å². The van der Waals surface area contributed by atoms with Gasteiger partial charge in [0.15, 0.2) is 0 Å². The van der Waals surface area contributed by atoms with Crippen molar-refractivity contribution in [2.75, 3.05) is 5.73 Å². The minimum Gasteiger partial charge on any atom is -0.384 e. The van der Waals surface area contributed by atoms with Crippen molar-refractivity contribution < 1.29 is 4.79 Å². The SMILES string of the molecule is CC(NC(=O)c1cc(N)nc(C(C)(C)C)c1)c1cn[nH]c1. The van der Waals surface area contributed by atoms with Crippen molar-refractivity contribution in [1.82, 2.24) is 20.5 Å². The Morgan fingerprint density at radius 2 is 2.10 bits per heavy atom. The predicted octanol–water partition coefficient (Wildman–Crippen LogP) is 2.18. The van der Waals surface area contributed by atoms with Gasteiger partial charge in [-0.2, -0.15) is 5.10 Å². The second kappa shape index (κ2) is 5.55. The number of carbonyl (C=O) groups excluding carboxylic acids is 1. The second-order valence-corrected chi connectivity index (χ2v) is 6.14. The molecule has 4 N–H and O–H groups in total. The molecule has 0 fully saturated rings. The Labute approximate surface area is 124 Å². The van der Waals surface area contributed by atoms with Crippen LogP contribution in [-0.4, -0.2) is 21.1 Å². The third kappa shape index (κ3) is 3.59. The maximum absolute atomic E-state index is 12.4. The molecule has 0 aliphatic rings. The molecule has 6 heteroatoms. The van der Waals surface area contributed by atoms with Gasteiger partial charge in [-0.25, -0.2) is 4.98 Å². The second-order valence-electron chi connectivity index (χ2n) is 6.14. The van der Waals surface area contributed by atoms with E-state index in [1.54, 1.807) is 24.5 Å². The Bertz CT molecular complexity index is 628. The van der Waals surface area contributed by atoms with Crippen LogP contribution in [0.4, 0.5) is 5.82 Å². The molecule has 0 saturated carbocycles. The fourth-order valence-corrected chi connectivity index (χ4v) is 1.93. The maximum Gasteiger partial charge on any atom is 0.251 e. The predicted molar refractivity (Wildman–Crippen MR) is 81.8 cm³/mol. The molecule has 112 valence electrons. The zero-order valence-electron chi connectivity index (χ0n) is 12.8.